The van der Waals surface area contributed by atoms with Gasteiger partial charge in [-0.1, -0.05) is 103 Å². The Labute approximate surface area is 263 Å². The molecule has 1 aliphatic heterocycles. The molecule has 0 aromatic heterocycles. The molecule has 0 aliphatic carbocycles. The van der Waals surface area contributed by atoms with Crippen molar-refractivity contribution in [2.75, 3.05) is 24.9 Å². The maximum absolute atomic E-state index is 12.8. The Morgan fingerprint density at radius 1 is 0.829 bits per heavy atom. The first kappa shape index (κ1) is 35.1. The molecule has 1 amide bonds. The number of carbonyl (C=O) groups excluding carboxylic acids is 1. The predicted octanol–water partition coefficient (Wildman–Crippen LogP) is 10.4. The number of hydrogen-bond acceptors (Lipinski definition) is 5. The van der Waals surface area contributed by atoms with E-state index < -0.39 is 0 Å². The molecule has 0 saturated carbocycles. The van der Waals surface area contributed by atoms with Crippen LogP contribution < -0.4 is 14.8 Å². The Bertz CT molecular complexity index is 1020. The Morgan fingerprint density at radius 2 is 1.44 bits per heavy atom. The van der Waals surface area contributed by atoms with Crippen LogP contribution in [0.1, 0.15) is 113 Å². The van der Waals surface area contributed by atoms with Crippen molar-refractivity contribution in [2.45, 2.75) is 103 Å². The SMILES string of the molecule is Br.CCCCCCCCCCCCCCCCOc1ccc(C(=O)Nc2ccc(CN3C=CSC3)cc2)cc1OC. The second-order valence-electron chi connectivity index (χ2n) is 10.8. The van der Waals surface area contributed by atoms with E-state index in [1.165, 1.54) is 89.0 Å². The molecule has 41 heavy (non-hydrogen) atoms. The van der Waals surface area contributed by atoms with Crippen molar-refractivity contribution in [3.63, 3.8) is 0 Å². The van der Waals surface area contributed by atoms with E-state index in [2.05, 4.69) is 40.9 Å². The molecule has 0 unspecified atom stereocenters. The zero-order chi connectivity index (χ0) is 28.3. The van der Waals surface area contributed by atoms with Gasteiger partial charge in [0.25, 0.3) is 5.91 Å². The fraction of sp³-hybridized carbons (Fsp3) is 0.559. The summed E-state index contributed by atoms with van der Waals surface area (Å²) in [6.07, 6.45) is 20.9. The first-order valence-corrected chi connectivity index (χ1v) is 16.5. The van der Waals surface area contributed by atoms with E-state index >= 15 is 0 Å². The fourth-order valence-corrected chi connectivity index (χ4v) is 5.66. The van der Waals surface area contributed by atoms with Gasteiger partial charge in [-0.25, -0.2) is 0 Å². The van der Waals surface area contributed by atoms with E-state index in [0.717, 1.165) is 24.5 Å². The number of methoxy groups -OCH3 is 1. The first-order valence-electron chi connectivity index (χ1n) is 15.4. The van der Waals surface area contributed by atoms with Gasteiger partial charge in [0.05, 0.1) is 19.6 Å². The standard InChI is InChI=1S/C34H50N2O3S.BrH/c1-3-4-5-6-7-8-9-10-11-12-13-14-15-16-24-39-32-22-19-30(26-33(32)38-2)34(37)35-31-20-17-29(18-21-31)27-36-23-25-40-28-36;/h17-23,25-26H,3-16,24,27-28H2,1-2H3,(H,35,37);1H. The lowest BCUT2D eigenvalue weighted by molar-refractivity contribution is 0.102. The topological polar surface area (TPSA) is 50.8 Å². The average molecular weight is 648 g/mol. The zero-order valence-electron chi connectivity index (χ0n) is 25.2. The molecule has 0 saturated heterocycles. The summed E-state index contributed by atoms with van der Waals surface area (Å²) in [5, 5.41) is 5.09. The normalized spacial score (nSPS) is 12.3. The highest BCUT2D eigenvalue weighted by atomic mass is 79.9. The third-order valence-corrected chi connectivity index (χ3v) is 8.18. The molecular weight excluding hydrogens is 596 g/mol. The summed E-state index contributed by atoms with van der Waals surface area (Å²) in [5.74, 6) is 2.10. The monoisotopic (exact) mass is 646 g/mol. The van der Waals surface area contributed by atoms with Crippen LogP contribution in [-0.2, 0) is 6.54 Å². The molecule has 228 valence electrons. The van der Waals surface area contributed by atoms with Crippen molar-refractivity contribution in [3.05, 3.63) is 65.2 Å². The number of unbranched alkanes of at least 4 members (excludes halogenated alkanes) is 13. The van der Waals surface area contributed by atoms with Gasteiger partial charge < -0.3 is 19.7 Å². The summed E-state index contributed by atoms with van der Waals surface area (Å²) < 4.78 is 11.5. The van der Waals surface area contributed by atoms with Crippen LogP contribution in [0.5, 0.6) is 11.5 Å². The highest BCUT2D eigenvalue weighted by Gasteiger charge is 2.12. The van der Waals surface area contributed by atoms with Crippen LogP contribution in [0.2, 0.25) is 0 Å². The van der Waals surface area contributed by atoms with Crippen LogP contribution in [0.15, 0.2) is 54.1 Å². The number of nitrogens with one attached hydrogen (secondary N) is 1. The van der Waals surface area contributed by atoms with Gasteiger partial charge in [0.2, 0.25) is 0 Å². The van der Waals surface area contributed by atoms with E-state index in [1.54, 1.807) is 31.0 Å². The van der Waals surface area contributed by atoms with Gasteiger partial charge in [-0.2, -0.15) is 0 Å². The number of halogens is 1. The second kappa shape index (κ2) is 21.6. The predicted molar refractivity (Wildman–Crippen MR) is 181 cm³/mol. The maximum atomic E-state index is 12.8. The lowest BCUT2D eigenvalue weighted by Crippen LogP contribution is -2.13. The summed E-state index contributed by atoms with van der Waals surface area (Å²) in [4.78, 5) is 15.1. The summed E-state index contributed by atoms with van der Waals surface area (Å²) in [6.45, 7) is 3.81. The second-order valence-corrected chi connectivity index (χ2v) is 11.7. The third kappa shape index (κ3) is 14.1. The molecule has 0 radical (unpaired) electrons. The number of nitrogens with zero attached hydrogens (tertiary/aromatic N) is 1. The fourth-order valence-electron chi connectivity index (χ4n) is 4.95. The van der Waals surface area contributed by atoms with Crippen LogP contribution in [0.4, 0.5) is 5.69 Å². The van der Waals surface area contributed by atoms with E-state index in [-0.39, 0.29) is 22.9 Å². The van der Waals surface area contributed by atoms with Crippen molar-refractivity contribution >= 4 is 40.3 Å². The summed E-state index contributed by atoms with van der Waals surface area (Å²) >= 11 is 1.80. The number of amides is 1. The van der Waals surface area contributed by atoms with Gasteiger partial charge in [-0.05, 0) is 47.7 Å². The molecule has 3 rings (SSSR count). The van der Waals surface area contributed by atoms with E-state index in [4.69, 9.17) is 9.47 Å². The largest absolute Gasteiger partial charge is 0.493 e. The summed E-state index contributed by atoms with van der Waals surface area (Å²) in [7, 11) is 1.61. The number of thioether (sulfide) groups is 1. The molecule has 2 aromatic carbocycles. The van der Waals surface area contributed by atoms with Crippen molar-refractivity contribution in [2.24, 2.45) is 0 Å². The smallest absolute Gasteiger partial charge is 0.255 e. The van der Waals surface area contributed by atoms with Crippen LogP contribution >= 0.6 is 28.7 Å². The maximum Gasteiger partial charge on any atom is 0.255 e. The van der Waals surface area contributed by atoms with E-state index in [9.17, 15) is 4.79 Å². The highest BCUT2D eigenvalue weighted by Crippen LogP contribution is 2.29. The number of anilines is 1. The molecule has 0 fully saturated rings. The summed E-state index contributed by atoms with van der Waals surface area (Å²) in [5.41, 5.74) is 2.54. The zero-order valence-corrected chi connectivity index (χ0v) is 27.7. The van der Waals surface area contributed by atoms with Gasteiger partial charge in [0.1, 0.15) is 0 Å². The molecule has 0 bridgehead atoms. The molecule has 0 spiro atoms. The molecule has 1 N–H and O–H groups in total. The Morgan fingerprint density at radius 3 is 2.00 bits per heavy atom. The van der Waals surface area contributed by atoms with Crippen molar-refractivity contribution in [1.29, 1.82) is 0 Å². The van der Waals surface area contributed by atoms with Crippen molar-refractivity contribution in [1.82, 2.24) is 4.90 Å². The lowest BCUT2D eigenvalue weighted by atomic mass is 10.0. The number of benzene rings is 2. The van der Waals surface area contributed by atoms with Gasteiger partial charge in [0.15, 0.2) is 11.5 Å². The van der Waals surface area contributed by atoms with E-state index in [0.29, 0.717) is 23.7 Å². The van der Waals surface area contributed by atoms with Crippen LogP contribution in [0.25, 0.3) is 0 Å². The minimum atomic E-state index is -0.163. The number of carbonyl (C=O) groups is 1. The number of hydrogen-bond donors (Lipinski definition) is 1. The Kier molecular flexibility index (Phi) is 18.4. The minimum Gasteiger partial charge on any atom is -0.493 e. The number of ether oxygens (including phenoxy) is 2. The van der Waals surface area contributed by atoms with E-state index in [1.807, 2.05) is 18.2 Å². The molecule has 0 atom stereocenters. The third-order valence-electron chi connectivity index (χ3n) is 7.39. The van der Waals surface area contributed by atoms with Crippen LogP contribution in [-0.4, -0.2) is 30.4 Å². The van der Waals surface area contributed by atoms with Gasteiger partial charge in [-0.15, -0.1) is 28.7 Å². The molecule has 1 heterocycles. The molecule has 5 nitrogen and oxygen atoms in total. The van der Waals surface area contributed by atoms with Crippen molar-refractivity contribution in [3.8, 4) is 11.5 Å². The van der Waals surface area contributed by atoms with Crippen molar-refractivity contribution < 1.29 is 14.3 Å². The van der Waals surface area contributed by atoms with Gasteiger partial charge in [-0.3, -0.25) is 4.79 Å². The number of rotatable bonds is 21. The highest BCUT2D eigenvalue weighted by molar-refractivity contribution is 8.93. The van der Waals surface area contributed by atoms with Gasteiger partial charge in [0, 0.05) is 24.0 Å². The lowest BCUT2D eigenvalue weighted by Gasteiger charge is -2.15. The van der Waals surface area contributed by atoms with Crippen LogP contribution in [0.3, 0.4) is 0 Å². The first-order chi connectivity index (χ1) is 19.7. The van der Waals surface area contributed by atoms with Gasteiger partial charge >= 0.3 is 0 Å². The Balaban J connectivity index is 0.00000588. The quantitative estimate of drug-likeness (QED) is 0.137. The summed E-state index contributed by atoms with van der Waals surface area (Å²) in [6, 6.07) is 13.4. The molecular formula is C34H51BrN2O3S. The Hall–Kier alpha value is -2.12. The molecule has 1 aliphatic rings. The minimum absolute atomic E-state index is 0. The molecule has 2 aromatic rings. The van der Waals surface area contributed by atoms with Crippen LogP contribution in [0, 0.1) is 0 Å². The average Bonchev–Trinajstić information content (AvgIpc) is 3.49. The molecule has 7 heteroatoms.